The fourth-order valence-electron chi connectivity index (χ4n) is 6.97. The number of pyridine rings is 1. The molecule has 2 aliphatic rings. The summed E-state index contributed by atoms with van der Waals surface area (Å²) in [7, 11) is 0. The van der Waals surface area contributed by atoms with Crippen LogP contribution in [0, 0.1) is 12.8 Å². The van der Waals surface area contributed by atoms with Gasteiger partial charge < -0.3 is 4.90 Å². The van der Waals surface area contributed by atoms with Crippen LogP contribution in [0.25, 0.3) is 28.1 Å². The summed E-state index contributed by atoms with van der Waals surface area (Å²) in [6.07, 6.45) is 9.59. The Balaban J connectivity index is 1.03. The van der Waals surface area contributed by atoms with Crippen molar-refractivity contribution in [2.45, 2.75) is 52.9 Å². The van der Waals surface area contributed by atoms with Crippen molar-refractivity contribution in [1.82, 2.24) is 29.9 Å². The van der Waals surface area contributed by atoms with E-state index in [0.29, 0.717) is 11.8 Å². The van der Waals surface area contributed by atoms with E-state index in [1.807, 2.05) is 17.3 Å². The zero-order valence-corrected chi connectivity index (χ0v) is 27.4. The first-order valence-corrected chi connectivity index (χ1v) is 16.8. The average molecular weight is 605 g/mol. The van der Waals surface area contributed by atoms with Gasteiger partial charge in [-0.15, -0.1) is 0 Å². The molecular formula is C38H48N6O. The number of carbonyl (C=O) groups is 1. The summed E-state index contributed by atoms with van der Waals surface area (Å²) in [6.45, 7) is 16.8. The Labute approximate surface area is 268 Å². The maximum Gasteiger partial charge on any atom is 0.253 e. The largest absolute Gasteiger partial charge is 0.336 e. The Hall–Kier alpha value is -3.81. The summed E-state index contributed by atoms with van der Waals surface area (Å²) in [5.74, 6) is 1.44. The maximum absolute atomic E-state index is 13.2. The van der Waals surface area contributed by atoms with Gasteiger partial charge in [0.2, 0.25) is 0 Å². The molecule has 1 amide bonds. The highest BCUT2D eigenvalue weighted by Gasteiger charge is 2.24. The van der Waals surface area contributed by atoms with Gasteiger partial charge in [-0.3, -0.25) is 24.7 Å². The standard InChI is InChI=1S/C38H48N6O/c1-5-27(2)25-43-18-20-44(21-19-43)38(45)32-8-6-30(7-9-32)31-13-16-42(17-14-31)26-28(3)22-36-29(4)39-15-12-35(36)33-10-11-37-34(23-33)24-40-41-37/h6-12,15,22-24,27,31H,5,13-14,16-21,25-26H2,1-4H3,(H,40,41)/b28-22+. The number of aromatic nitrogens is 3. The minimum atomic E-state index is 0.177. The molecule has 2 fully saturated rings. The van der Waals surface area contributed by atoms with Gasteiger partial charge >= 0.3 is 0 Å². The topological polar surface area (TPSA) is 68.4 Å². The fourth-order valence-corrected chi connectivity index (χ4v) is 6.97. The van der Waals surface area contributed by atoms with E-state index < -0.39 is 0 Å². The van der Waals surface area contributed by atoms with Gasteiger partial charge in [-0.05, 0) is 98.6 Å². The van der Waals surface area contributed by atoms with Crippen molar-refractivity contribution in [3.8, 4) is 11.1 Å². The third-order valence-electron chi connectivity index (χ3n) is 9.95. The molecule has 1 atom stereocenters. The number of piperidine rings is 1. The van der Waals surface area contributed by atoms with Gasteiger partial charge in [0, 0.05) is 67.7 Å². The van der Waals surface area contributed by atoms with Crippen LogP contribution < -0.4 is 0 Å². The fraction of sp³-hybridized carbons (Fsp3) is 0.447. The van der Waals surface area contributed by atoms with Crippen molar-refractivity contribution in [1.29, 1.82) is 0 Å². The Morgan fingerprint density at radius 3 is 2.49 bits per heavy atom. The molecule has 0 radical (unpaired) electrons. The monoisotopic (exact) mass is 604 g/mol. The van der Waals surface area contributed by atoms with Gasteiger partial charge in [0.1, 0.15) is 0 Å². The molecule has 7 heteroatoms. The van der Waals surface area contributed by atoms with Crippen LogP contribution in [0.15, 0.2) is 66.5 Å². The van der Waals surface area contributed by atoms with Gasteiger partial charge in [-0.25, -0.2) is 0 Å². The number of benzene rings is 2. The van der Waals surface area contributed by atoms with Gasteiger partial charge in [-0.2, -0.15) is 5.10 Å². The normalized spacial score (nSPS) is 18.0. The number of rotatable bonds is 9. The first-order chi connectivity index (χ1) is 21.9. The number of H-pyrrole nitrogens is 1. The lowest BCUT2D eigenvalue weighted by molar-refractivity contribution is 0.0619. The lowest BCUT2D eigenvalue weighted by Gasteiger charge is -2.36. The number of aryl methyl sites for hydroxylation is 1. The minimum Gasteiger partial charge on any atom is -0.336 e. The molecule has 1 N–H and O–H groups in total. The molecule has 2 aromatic heterocycles. The second-order valence-electron chi connectivity index (χ2n) is 13.3. The molecule has 0 bridgehead atoms. The van der Waals surface area contributed by atoms with E-state index >= 15 is 0 Å². The number of fused-ring (bicyclic) bond motifs is 1. The highest BCUT2D eigenvalue weighted by molar-refractivity contribution is 5.94. The predicted octanol–water partition coefficient (Wildman–Crippen LogP) is 7.02. The molecule has 0 aliphatic carbocycles. The van der Waals surface area contributed by atoms with Gasteiger partial charge in [0.05, 0.1) is 11.7 Å². The summed E-state index contributed by atoms with van der Waals surface area (Å²) in [4.78, 5) is 24.9. The zero-order valence-electron chi connectivity index (χ0n) is 27.4. The molecule has 4 aromatic rings. The van der Waals surface area contributed by atoms with Crippen LogP contribution in [0.2, 0.25) is 0 Å². The Morgan fingerprint density at radius 2 is 1.76 bits per heavy atom. The molecule has 2 saturated heterocycles. The van der Waals surface area contributed by atoms with E-state index in [4.69, 9.17) is 0 Å². The van der Waals surface area contributed by atoms with E-state index in [9.17, 15) is 4.79 Å². The molecule has 45 heavy (non-hydrogen) atoms. The van der Waals surface area contributed by atoms with Gasteiger partial charge in [0.15, 0.2) is 0 Å². The highest BCUT2D eigenvalue weighted by Crippen LogP contribution is 2.31. The third-order valence-corrected chi connectivity index (χ3v) is 9.95. The lowest BCUT2D eigenvalue weighted by atomic mass is 9.88. The molecule has 6 rings (SSSR count). The van der Waals surface area contributed by atoms with E-state index in [-0.39, 0.29) is 5.91 Å². The average Bonchev–Trinajstić information content (AvgIpc) is 3.54. The number of hydrogen-bond donors (Lipinski definition) is 1. The van der Waals surface area contributed by atoms with Crippen LogP contribution in [0.1, 0.15) is 73.1 Å². The summed E-state index contributed by atoms with van der Waals surface area (Å²) in [6, 6.07) is 17.1. The van der Waals surface area contributed by atoms with Crippen LogP contribution in [-0.2, 0) is 0 Å². The van der Waals surface area contributed by atoms with Crippen molar-refractivity contribution in [3.05, 3.63) is 88.9 Å². The molecular weight excluding hydrogens is 556 g/mol. The molecule has 2 aliphatic heterocycles. The number of amides is 1. The molecule has 4 heterocycles. The van der Waals surface area contributed by atoms with Crippen LogP contribution in [-0.4, -0.2) is 88.1 Å². The minimum absolute atomic E-state index is 0.177. The summed E-state index contributed by atoms with van der Waals surface area (Å²) in [5, 5.41) is 8.34. The van der Waals surface area contributed by atoms with Crippen LogP contribution in [0.3, 0.4) is 0 Å². The molecule has 0 spiro atoms. The number of likely N-dealkylation sites (tertiary alicyclic amines) is 1. The zero-order chi connectivity index (χ0) is 31.3. The molecule has 0 saturated carbocycles. The number of piperazine rings is 1. The third kappa shape index (κ3) is 7.37. The summed E-state index contributed by atoms with van der Waals surface area (Å²) in [5.41, 5.74) is 9.20. The molecule has 1 unspecified atom stereocenters. The number of carbonyl (C=O) groups excluding carboxylic acids is 1. The Kier molecular flexibility index (Phi) is 9.76. The van der Waals surface area contributed by atoms with Crippen LogP contribution in [0.4, 0.5) is 0 Å². The number of hydrogen-bond acceptors (Lipinski definition) is 5. The second kappa shape index (κ2) is 14.1. The highest BCUT2D eigenvalue weighted by atomic mass is 16.2. The number of nitrogens with one attached hydrogen (secondary N) is 1. The Bertz CT molecular complexity index is 1620. The Morgan fingerprint density at radius 1 is 1.00 bits per heavy atom. The SMILES string of the molecule is CCC(C)CN1CCN(C(=O)c2ccc(C3CCN(C/C(C)=C/c4c(-c5ccc6[nH]ncc6c5)ccnc4C)CC3)cc2)CC1. The number of nitrogens with zero attached hydrogens (tertiary/aromatic N) is 5. The first kappa shape index (κ1) is 31.2. The van der Waals surface area contributed by atoms with E-state index in [2.05, 4.69) is 107 Å². The van der Waals surface area contributed by atoms with Crippen molar-refractivity contribution >= 4 is 22.9 Å². The molecule has 7 nitrogen and oxygen atoms in total. The van der Waals surface area contributed by atoms with Gasteiger partial charge in [-0.1, -0.05) is 50.1 Å². The molecule has 236 valence electrons. The maximum atomic E-state index is 13.2. The van der Waals surface area contributed by atoms with E-state index in [1.54, 1.807) is 0 Å². The van der Waals surface area contributed by atoms with Gasteiger partial charge in [0.25, 0.3) is 5.91 Å². The smallest absolute Gasteiger partial charge is 0.253 e. The van der Waals surface area contributed by atoms with E-state index in [0.717, 1.165) is 87.4 Å². The lowest BCUT2D eigenvalue weighted by Crippen LogP contribution is -2.49. The van der Waals surface area contributed by atoms with E-state index in [1.165, 1.54) is 34.2 Å². The van der Waals surface area contributed by atoms with Crippen molar-refractivity contribution in [2.75, 3.05) is 52.4 Å². The van der Waals surface area contributed by atoms with Crippen LogP contribution in [0.5, 0.6) is 0 Å². The predicted molar refractivity (Wildman–Crippen MR) is 184 cm³/mol. The van der Waals surface area contributed by atoms with Crippen molar-refractivity contribution < 1.29 is 4.79 Å². The molecule has 2 aromatic carbocycles. The summed E-state index contributed by atoms with van der Waals surface area (Å²) < 4.78 is 0. The quantitative estimate of drug-likeness (QED) is 0.222. The summed E-state index contributed by atoms with van der Waals surface area (Å²) >= 11 is 0. The van der Waals surface area contributed by atoms with Crippen LogP contribution >= 0.6 is 0 Å². The van der Waals surface area contributed by atoms with Crippen molar-refractivity contribution in [2.24, 2.45) is 5.92 Å². The second-order valence-corrected chi connectivity index (χ2v) is 13.3. The number of aromatic amines is 1. The first-order valence-electron chi connectivity index (χ1n) is 16.8. The van der Waals surface area contributed by atoms with Crippen molar-refractivity contribution in [3.63, 3.8) is 0 Å².